The maximum atomic E-state index is 12.3. The molecular formula is C22H30O3. The Balaban J connectivity index is 1.50. The molecule has 3 fully saturated rings. The minimum absolute atomic E-state index is 0.0426. The quantitative estimate of drug-likeness (QED) is 0.833. The SMILES string of the molecule is CC1(C)CC[C@@]2(C)[C@H](O)[C@@H]3CC[C@H](COC(=O)c4ccccc4)[C@@H]3[C@@H]12. The first kappa shape index (κ1) is 17.1. The standard InChI is InChI=1S/C22H30O3/c1-21(2)11-12-22(3)18(21)17-15(9-10-16(17)19(22)23)13-25-20(24)14-7-5-4-6-8-14/h4-8,15-19,23H,9-13H2,1-3H3/t15-,16-,17+,18+,19-,22-/m1/s1. The first-order chi connectivity index (χ1) is 11.8. The first-order valence-electron chi connectivity index (χ1n) is 9.75. The average molecular weight is 342 g/mol. The number of esters is 1. The molecule has 1 aromatic rings. The summed E-state index contributed by atoms with van der Waals surface area (Å²) in [7, 11) is 0. The number of aliphatic hydroxyl groups is 1. The zero-order valence-corrected chi connectivity index (χ0v) is 15.6. The van der Waals surface area contributed by atoms with Crippen molar-refractivity contribution in [3.63, 3.8) is 0 Å². The van der Waals surface area contributed by atoms with E-state index in [2.05, 4.69) is 20.8 Å². The van der Waals surface area contributed by atoms with E-state index in [1.54, 1.807) is 12.1 Å². The van der Waals surface area contributed by atoms with Gasteiger partial charge in [0.1, 0.15) is 0 Å². The highest BCUT2D eigenvalue weighted by molar-refractivity contribution is 5.89. The van der Waals surface area contributed by atoms with Crippen molar-refractivity contribution >= 4 is 5.97 Å². The molecule has 0 heterocycles. The van der Waals surface area contributed by atoms with Crippen LogP contribution in [0.5, 0.6) is 0 Å². The minimum atomic E-state index is -0.226. The average Bonchev–Trinajstić information content (AvgIpc) is 3.17. The van der Waals surface area contributed by atoms with Gasteiger partial charge in [-0.25, -0.2) is 4.79 Å². The highest BCUT2D eigenvalue weighted by Crippen LogP contribution is 2.69. The van der Waals surface area contributed by atoms with Gasteiger partial charge in [-0.05, 0) is 72.3 Å². The number of benzene rings is 1. The lowest BCUT2D eigenvalue weighted by Gasteiger charge is -2.38. The molecule has 0 amide bonds. The number of hydrogen-bond donors (Lipinski definition) is 1. The van der Waals surface area contributed by atoms with Crippen molar-refractivity contribution < 1.29 is 14.6 Å². The van der Waals surface area contributed by atoms with E-state index in [1.807, 2.05) is 18.2 Å². The van der Waals surface area contributed by atoms with Gasteiger partial charge in [0.2, 0.25) is 0 Å². The molecule has 25 heavy (non-hydrogen) atoms. The largest absolute Gasteiger partial charge is 0.462 e. The van der Waals surface area contributed by atoms with Crippen molar-refractivity contribution in [1.29, 1.82) is 0 Å². The third kappa shape index (κ3) is 2.54. The van der Waals surface area contributed by atoms with Gasteiger partial charge in [-0.1, -0.05) is 39.0 Å². The molecule has 3 nitrogen and oxygen atoms in total. The number of aliphatic hydroxyl groups excluding tert-OH is 1. The maximum Gasteiger partial charge on any atom is 0.338 e. The van der Waals surface area contributed by atoms with Crippen molar-refractivity contribution in [3.8, 4) is 0 Å². The highest BCUT2D eigenvalue weighted by atomic mass is 16.5. The number of hydrogen-bond acceptors (Lipinski definition) is 3. The van der Waals surface area contributed by atoms with Gasteiger partial charge in [0.25, 0.3) is 0 Å². The van der Waals surface area contributed by atoms with E-state index in [4.69, 9.17) is 4.74 Å². The van der Waals surface area contributed by atoms with Gasteiger partial charge in [0.15, 0.2) is 0 Å². The van der Waals surface area contributed by atoms with Crippen LogP contribution < -0.4 is 0 Å². The number of ether oxygens (including phenoxy) is 1. The topological polar surface area (TPSA) is 46.5 Å². The molecular weight excluding hydrogens is 312 g/mol. The Bertz CT molecular complexity index is 652. The summed E-state index contributed by atoms with van der Waals surface area (Å²) in [6.07, 6.45) is 4.25. The molecule has 3 aliphatic rings. The van der Waals surface area contributed by atoms with Crippen LogP contribution in [0, 0.1) is 34.5 Å². The molecule has 3 aliphatic carbocycles. The summed E-state index contributed by atoms with van der Waals surface area (Å²) in [4.78, 5) is 12.3. The third-order valence-corrected chi connectivity index (χ3v) is 7.67. The van der Waals surface area contributed by atoms with E-state index in [0.29, 0.717) is 35.8 Å². The number of carbonyl (C=O) groups is 1. The van der Waals surface area contributed by atoms with Crippen LogP contribution in [-0.2, 0) is 4.74 Å². The Morgan fingerprint density at radius 2 is 1.88 bits per heavy atom. The van der Waals surface area contributed by atoms with Gasteiger partial charge in [0, 0.05) is 0 Å². The lowest BCUT2D eigenvalue weighted by Crippen LogP contribution is -2.36. The number of fused-ring (bicyclic) bond motifs is 3. The molecule has 0 aromatic heterocycles. The molecule has 0 bridgehead atoms. The fraction of sp³-hybridized carbons (Fsp3) is 0.682. The molecule has 3 heteroatoms. The summed E-state index contributed by atoms with van der Waals surface area (Å²) >= 11 is 0. The van der Waals surface area contributed by atoms with Crippen molar-refractivity contribution in [1.82, 2.24) is 0 Å². The van der Waals surface area contributed by atoms with E-state index in [0.717, 1.165) is 19.3 Å². The minimum Gasteiger partial charge on any atom is -0.462 e. The molecule has 6 atom stereocenters. The van der Waals surface area contributed by atoms with Crippen molar-refractivity contribution in [2.45, 2.75) is 52.6 Å². The summed E-state index contributed by atoms with van der Waals surface area (Å²) < 4.78 is 5.68. The second kappa shape index (κ2) is 5.84. The molecule has 3 saturated carbocycles. The zero-order chi connectivity index (χ0) is 17.8. The fourth-order valence-electron chi connectivity index (χ4n) is 6.64. The summed E-state index contributed by atoms with van der Waals surface area (Å²) in [5.74, 6) is 1.56. The summed E-state index contributed by atoms with van der Waals surface area (Å²) in [6.45, 7) is 7.51. The Hall–Kier alpha value is -1.35. The van der Waals surface area contributed by atoms with Crippen LogP contribution in [-0.4, -0.2) is 23.8 Å². The van der Waals surface area contributed by atoms with E-state index >= 15 is 0 Å². The molecule has 0 spiro atoms. The molecule has 0 radical (unpaired) electrons. The molecule has 4 rings (SSSR count). The van der Waals surface area contributed by atoms with E-state index < -0.39 is 0 Å². The Kier molecular flexibility index (Phi) is 3.99. The highest BCUT2D eigenvalue weighted by Gasteiger charge is 2.67. The molecule has 1 aromatic carbocycles. The molecule has 0 unspecified atom stereocenters. The maximum absolute atomic E-state index is 12.3. The van der Waals surface area contributed by atoms with Crippen LogP contribution in [0.25, 0.3) is 0 Å². The monoisotopic (exact) mass is 342 g/mol. The van der Waals surface area contributed by atoms with Crippen molar-refractivity contribution in [3.05, 3.63) is 35.9 Å². The normalized spacial score (nSPS) is 41.4. The second-order valence-electron chi connectivity index (χ2n) is 9.46. The smallest absolute Gasteiger partial charge is 0.338 e. The van der Waals surface area contributed by atoms with Crippen molar-refractivity contribution in [2.24, 2.45) is 34.5 Å². The predicted molar refractivity (Wildman–Crippen MR) is 97.0 cm³/mol. The summed E-state index contributed by atoms with van der Waals surface area (Å²) in [5.41, 5.74) is 0.928. The van der Waals surface area contributed by atoms with Crippen LogP contribution in [0.2, 0.25) is 0 Å². The van der Waals surface area contributed by atoms with Crippen LogP contribution in [0.1, 0.15) is 56.8 Å². The Morgan fingerprint density at radius 3 is 2.60 bits per heavy atom. The van der Waals surface area contributed by atoms with Crippen LogP contribution in [0.3, 0.4) is 0 Å². The zero-order valence-electron chi connectivity index (χ0n) is 15.6. The van der Waals surface area contributed by atoms with Gasteiger partial charge in [-0.3, -0.25) is 0 Å². The second-order valence-corrected chi connectivity index (χ2v) is 9.46. The van der Waals surface area contributed by atoms with Crippen LogP contribution in [0.4, 0.5) is 0 Å². The lowest BCUT2D eigenvalue weighted by molar-refractivity contribution is 0.0121. The van der Waals surface area contributed by atoms with Gasteiger partial charge >= 0.3 is 5.97 Å². The third-order valence-electron chi connectivity index (χ3n) is 7.67. The van der Waals surface area contributed by atoms with Gasteiger partial charge in [0.05, 0.1) is 18.3 Å². The van der Waals surface area contributed by atoms with Gasteiger partial charge < -0.3 is 9.84 Å². The van der Waals surface area contributed by atoms with Crippen LogP contribution >= 0.6 is 0 Å². The predicted octanol–water partition coefficient (Wildman–Crippen LogP) is 4.30. The Labute approximate surface area is 150 Å². The van der Waals surface area contributed by atoms with Gasteiger partial charge in [-0.15, -0.1) is 0 Å². The lowest BCUT2D eigenvalue weighted by atomic mass is 9.67. The Morgan fingerprint density at radius 1 is 1.16 bits per heavy atom. The molecule has 136 valence electrons. The molecule has 0 aliphatic heterocycles. The first-order valence-corrected chi connectivity index (χ1v) is 9.75. The summed E-state index contributed by atoms with van der Waals surface area (Å²) in [6, 6.07) is 9.23. The number of carbonyl (C=O) groups excluding carboxylic acids is 1. The summed E-state index contributed by atoms with van der Waals surface area (Å²) in [5, 5.41) is 11.0. The number of rotatable bonds is 3. The molecule has 1 N–H and O–H groups in total. The van der Waals surface area contributed by atoms with E-state index in [9.17, 15) is 9.90 Å². The fourth-order valence-corrected chi connectivity index (χ4v) is 6.64. The van der Waals surface area contributed by atoms with Gasteiger partial charge in [-0.2, -0.15) is 0 Å². The van der Waals surface area contributed by atoms with Crippen LogP contribution in [0.15, 0.2) is 30.3 Å². The van der Waals surface area contributed by atoms with Crippen molar-refractivity contribution in [2.75, 3.05) is 6.61 Å². The van der Waals surface area contributed by atoms with E-state index in [1.165, 1.54) is 6.42 Å². The van der Waals surface area contributed by atoms with E-state index in [-0.39, 0.29) is 22.9 Å². The molecule has 0 saturated heterocycles.